The van der Waals surface area contributed by atoms with E-state index >= 15 is 0 Å². The first-order chi connectivity index (χ1) is 34.1. The van der Waals surface area contributed by atoms with Gasteiger partial charge in [0.15, 0.2) is 0 Å². The summed E-state index contributed by atoms with van der Waals surface area (Å²) in [5, 5.41) is 20.4. The smallest absolute Gasteiger partial charge is 0.321 e. The molecule has 10 nitrogen and oxygen atoms in total. The van der Waals surface area contributed by atoms with Crippen molar-refractivity contribution in [2.75, 3.05) is 14.1 Å². The predicted octanol–water partition coefficient (Wildman–Crippen LogP) is 13.2. The van der Waals surface area contributed by atoms with Gasteiger partial charge in [-0.2, -0.15) is 0 Å². The van der Waals surface area contributed by atoms with Gasteiger partial charge in [-0.25, -0.2) is 17.6 Å². The maximum atomic E-state index is 14.1. The van der Waals surface area contributed by atoms with Gasteiger partial charge in [0.1, 0.15) is 84.8 Å². The number of carboxylic acid groups (broad SMARTS) is 2. The SMILES string of the molecule is Cc1c(COc2cc(OCc3cc(F)cc(F)c3)c(CN(C)C(C(=O)O)C(C)C)cc2Cl)cccc1-c1cccc(COc2cc(OCc3cc(F)cc(F)c3)c(CN(C)[C@H](C(=O)O)C(C)C)cc2Cl)c1C. The first-order valence-corrected chi connectivity index (χ1v) is 23.9. The van der Waals surface area contributed by atoms with Crippen molar-refractivity contribution in [1.29, 1.82) is 0 Å². The van der Waals surface area contributed by atoms with Crippen LogP contribution >= 0.6 is 23.2 Å². The molecule has 0 aliphatic carbocycles. The van der Waals surface area contributed by atoms with Crippen LogP contribution in [-0.4, -0.2) is 58.1 Å². The summed E-state index contributed by atoms with van der Waals surface area (Å²) in [5.41, 5.74) is 7.01. The molecule has 6 aromatic rings. The van der Waals surface area contributed by atoms with Crippen LogP contribution in [0.5, 0.6) is 23.0 Å². The molecule has 16 heteroatoms. The summed E-state index contributed by atoms with van der Waals surface area (Å²) in [7, 11) is 3.37. The lowest BCUT2D eigenvalue weighted by Crippen LogP contribution is -2.41. The first kappa shape index (κ1) is 55.0. The summed E-state index contributed by atoms with van der Waals surface area (Å²) in [6, 6.07) is 22.8. The van der Waals surface area contributed by atoms with Crippen LogP contribution in [-0.2, 0) is 49.1 Å². The molecule has 6 aromatic carbocycles. The number of aliphatic carboxylic acids is 2. The monoisotopic (exact) mass is 1030 g/mol. The van der Waals surface area contributed by atoms with Crippen LogP contribution in [0.3, 0.4) is 0 Å². The highest BCUT2D eigenvalue weighted by molar-refractivity contribution is 6.32. The third-order valence-electron chi connectivity index (χ3n) is 12.4. The number of likely N-dealkylation sites (N-methyl/N-ethyl adjacent to an activating group) is 2. The number of carbonyl (C=O) groups is 2. The summed E-state index contributed by atoms with van der Waals surface area (Å²) in [6.07, 6.45) is 0. The minimum atomic E-state index is -0.987. The lowest BCUT2D eigenvalue weighted by molar-refractivity contribution is -0.145. The zero-order valence-electron chi connectivity index (χ0n) is 41.3. The van der Waals surface area contributed by atoms with Gasteiger partial charge in [0, 0.05) is 48.5 Å². The molecule has 0 fully saturated rings. The maximum Gasteiger partial charge on any atom is 0.321 e. The average Bonchev–Trinajstić information content (AvgIpc) is 3.27. The van der Waals surface area contributed by atoms with Gasteiger partial charge >= 0.3 is 11.9 Å². The molecule has 0 aromatic heterocycles. The largest absolute Gasteiger partial charge is 0.488 e. The van der Waals surface area contributed by atoms with Crippen molar-refractivity contribution in [2.45, 2.75) is 93.1 Å². The Morgan fingerprint density at radius 1 is 0.500 bits per heavy atom. The molecule has 6 rings (SSSR count). The highest BCUT2D eigenvalue weighted by Gasteiger charge is 2.29. The van der Waals surface area contributed by atoms with E-state index in [1.807, 2.05) is 77.9 Å². The van der Waals surface area contributed by atoms with E-state index in [1.54, 1.807) is 48.2 Å². The van der Waals surface area contributed by atoms with E-state index in [-0.39, 0.29) is 84.0 Å². The number of benzene rings is 6. The van der Waals surface area contributed by atoms with Crippen molar-refractivity contribution in [2.24, 2.45) is 11.8 Å². The number of ether oxygens (including phenoxy) is 4. The van der Waals surface area contributed by atoms with Crippen LogP contribution in [0.15, 0.2) is 97.1 Å². The van der Waals surface area contributed by atoms with Gasteiger partial charge in [-0.3, -0.25) is 19.4 Å². The fourth-order valence-corrected chi connectivity index (χ4v) is 9.35. The molecule has 0 aliphatic heterocycles. The first-order valence-electron chi connectivity index (χ1n) is 23.2. The second-order valence-electron chi connectivity index (χ2n) is 18.6. The van der Waals surface area contributed by atoms with Gasteiger partial charge in [-0.05, 0) is 121 Å². The number of hydrogen-bond acceptors (Lipinski definition) is 8. The van der Waals surface area contributed by atoms with Crippen molar-refractivity contribution in [3.05, 3.63) is 175 Å². The highest BCUT2D eigenvalue weighted by atomic mass is 35.5. The topological polar surface area (TPSA) is 118 Å². The number of nitrogens with zero attached hydrogens (tertiary/aromatic N) is 2. The maximum absolute atomic E-state index is 14.1. The van der Waals surface area contributed by atoms with Gasteiger partial charge in [0.25, 0.3) is 0 Å². The molecule has 2 N–H and O–H groups in total. The standard InChI is InChI=1S/C56H58Cl2F4N2O8/c1-31(2)53(55(65)66)63(7)25-39-19-47(57)51(23-49(39)69-27-35-15-41(59)21-42(60)16-35)71-29-37-11-9-13-45(33(37)5)46-14-10-12-38(34(46)6)30-72-52-24-50(70-28-36-17-43(61)22-44(62)18-36)40(20-48(52)58)26-64(8)54(32(3)4)56(67)68/h9-24,31-32,53-54H,25-30H2,1-8H3,(H,65,66)(H,67,68)/t53-,54?/m0/s1. The Kier molecular flexibility index (Phi) is 18.6. The summed E-state index contributed by atoms with van der Waals surface area (Å²) in [5.74, 6) is -4.28. The van der Waals surface area contributed by atoms with Crippen molar-refractivity contribution >= 4 is 35.1 Å². The van der Waals surface area contributed by atoms with E-state index in [0.29, 0.717) is 22.6 Å². The summed E-state index contributed by atoms with van der Waals surface area (Å²) >= 11 is 13.7. The molecule has 1 unspecified atom stereocenters. The Bertz CT molecular complexity index is 2680. The lowest BCUT2D eigenvalue weighted by atomic mass is 9.92. The molecule has 0 spiro atoms. The second kappa shape index (κ2) is 24.4. The molecule has 382 valence electrons. The van der Waals surface area contributed by atoms with E-state index in [0.717, 1.165) is 45.5 Å². The Balaban J connectivity index is 1.23. The Hall–Kier alpha value is -6.32. The quantitative estimate of drug-likeness (QED) is 0.0601. The van der Waals surface area contributed by atoms with Gasteiger partial charge in [0.05, 0.1) is 10.0 Å². The van der Waals surface area contributed by atoms with E-state index < -0.39 is 47.3 Å². The molecule has 0 saturated carbocycles. The van der Waals surface area contributed by atoms with Gasteiger partial charge in [-0.1, -0.05) is 87.3 Å². The zero-order valence-corrected chi connectivity index (χ0v) is 42.8. The molecule has 0 aliphatic rings. The molecule has 72 heavy (non-hydrogen) atoms. The van der Waals surface area contributed by atoms with Crippen molar-refractivity contribution in [1.82, 2.24) is 9.80 Å². The van der Waals surface area contributed by atoms with Crippen LogP contribution in [0, 0.1) is 49.0 Å². The van der Waals surface area contributed by atoms with Gasteiger partial charge < -0.3 is 29.2 Å². The van der Waals surface area contributed by atoms with Crippen LogP contribution in [0.1, 0.15) is 72.2 Å². The summed E-state index contributed by atoms with van der Waals surface area (Å²) in [4.78, 5) is 27.7. The average molecular weight is 1030 g/mol. The van der Waals surface area contributed by atoms with Gasteiger partial charge in [0.2, 0.25) is 0 Å². The van der Waals surface area contributed by atoms with Gasteiger partial charge in [-0.15, -0.1) is 0 Å². The van der Waals surface area contributed by atoms with Crippen LogP contribution in [0.25, 0.3) is 11.1 Å². The number of carboxylic acids is 2. The van der Waals surface area contributed by atoms with Crippen LogP contribution in [0.2, 0.25) is 10.0 Å². The van der Waals surface area contributed by atoms with Crippen LogP contribution < -0.4 is 18.9 Å². The fraction of sp³-hybridized carbons (Fsp3) is 0.321. The molecule has 0 amide bonds. The molecular formula is C56H58Cl2F4N2O8. The molecular weight excluding hydrogens is 976 g/mol. The Morgan fingerprint density at radius 3 is 1.15 bits per heavy atom. The molecule has 2 atom stereocenters. The molecule has 0 radical (unpaired) electrons. The molecule has 0 bridgehead atoms. The third kappa shape index (κ3) is 14.0. The van der Waals surface area contributed by atoms with Crippen molar-refractivity contribution in [3.8, 4) is 34.1 Å². The third-order valence-corrected chi connectivity index (χ3v) is 13.0. The predicted molar refractivity (Wildman–Crippen MR) is 270 cm³/mol. The highest BCUT2D eigenvalue weighted by Crippen LogP contribution is 2.38. The Morgan fingerprint density at radius 2 is 0.833 bits per heavy atom. The minimum Gasteiger partial charge on any atom is -0.488 e. The Labute approximate surface area is 427 Å². The fourth-order valence-electron chi connectivity index (χ4n) is 8.87. The lowest BCUT2D eigenvalue weighted by Gasteiger charge is -2.28. The zero-order chi connectivity index (χ0) is 52.6. The number of halogens is 6. The summed E-state index contributed by atoms with van der Waals surface area (Å²) < 4.78 is 81.3. The van der Waals surface area contributed by atoms with E-state index in [4.69, 9.17) is 42.1 Å². The minimum absolute atomic E-state index is 0.0980. The number of hydrogen-bond donors (Lipinski definition) is 2. The van der Waals surface area contributed by atoms with E-state index in [2.05, 4.69) is 0 Å². The normalized spacial score (nSPS) is 12.4. The summed E-state index contributed by atoms with van der Waals surface area (Å²) in [6.45, 7) is 11.3. The molecule has 0 saturated heterocycles. The number of rotatable bonds is 23. The van der Waals surface area contributed by atoms with Crippen LogP contribution in [0.4, 0.5) is 17.6 Å². The second-order valence-corrected chi connectivity index (χ2v) is 19.4. The molecule has 0 heterocycles. The van der Waals surface area contributed by atoms with E-state index in [1.165, 1.54) is 24.3 Å². The van der Waals surface area contributed by atoms with Crippen molar-refractivity contribution < 1.29 is 56.3 Å². The van der Waals surface area contributed by atoms with E-state index in [9.17, 15) is 37.4 Å². The van der Waals surface area contributed by atoms with Crippen molar-refractivity contribution in [3.63, 3.8) is 0 Å².